The number of aliphatic imine (C=N–C) groups is 1. The second kappa shape index (κ2) is 8.28. The summed E-state index contributed by atoms with van der Waals surface area (Å²) in [6.07, 6.45) is 0. The number of hydrazone groups is 1. The Balaban J connectivity index is 1.80. The standard InChI is InChI=1S/C23H20N6O5/c1-12-17-19(26-29(20(17)30)16-8-4-13(5-9-16)22(32)33)28(23(24)34)21(31)18(12)25-14-6-10-15(11-7-14)27(2)3/h4-11H,1-3H3,(H2,24,34)(H,32,33). The van der Waals surface area contributed by atoms with Gasteiger partial charge in [-0.1, -0.05) is 0 Å². The lowest BCUT2D eigenvalue weighted by Gasteiger charge is -2.24. The minimum Gasteiger partial charge on any atom is -0.478 e. The number of carboxylic acids is 1. The zero-order chi connectivity index (χ0) is 24.7. The van der Waals surface area contributed by atoms with Crippen molar-refractivity contribution in [3.63, 3.8) is 0 Å². The largest absolute Gasteiger partial charge is 0.478 e. The maximum absolute atomic E-state index is 13.2. The van der Waals surface area contributed by atoms with Gasteiger partial charge in [-0.15, -0.1) is 5.10 Å². The van der Waals surface area contributed by atoms with Gasteiger partial charge in [-0.3, -0.25) is 9.59 Å². The molecule has 0 spiro atoms. The number of primary amides is 1. The molecule has 0 atom stereocenters. The van der Waals surface area contributed by atoms with Crippen molar-refractivity contribution >= 4 is 52.4 Å². The van der Waals surface area contributed by atoms with Gasteiger partial charge in [0.15, 0.2) is 5.84 Å². The molecule has 2 heterocycles. The van der Waals surface area contributed by atoms with E-state index in [0.717, 1.165) is 10.7 Å². The smallest absolute Gasteiger partial charge is 0.335 e. The topological polar surface area (TPSA) is 149 Å². The molecule has 11 heteroatoms. The van der Waals surface area contributed by atoms with Gasteiger partial charge in [-0.2, -0.15) is 5.01 Å². The summed E-state index contributed by atoms with van der Waals surface area (Å²) in [5.74, 6) is -2.74. The fourth-order valence-electron chi connectivity index (χ4n) is 3.57. The number of fused-ring (bicyclic) bond motifs is 1. The predicted octanol–water partition coefficient (Wildman–Crippen LogP) is 2.12. The van der Waals surface area contributed by atoms with Crippen LogP contribution >= 0.6 is 0 Å². The fourth-order valence-corrected chi connectivity index (χ4v) is 3.57. The van der Waals surface area contributed by atoms with Crippen LogP contribution < -0.4 is 15.6 Å². The summed E-state index contributed by atoms with van der Waals surface area (Å²) >= 11 is 0. The number of carbonyl (C=O) groups excluding carboxylic acids is 3. The van der Waals surface area contributed by atoms with Gasteiger partial charge >= 0.3 is 12.0 Å². The van der Waals surface area contributed by atoms with Crippen LogP contribution in [0.2, 0.25) is 0 Å². The number of carbonyl (C=O) groups is 4. The zero-order valence-electron chi connectivity index (χ0n) is 18.5. The molecule has 0 saturated heterocycles. The van der Waals surface area contributed by atoms with Gasteiger partial charge in [0, 0.05) is 19.8 Å². The van der Waals surface area contributed by atoms with Crippen LogP contribution in [-0.4, -0.2) is 59.5 Å². The average molecular weight is 460 g/mol. The van der Waals surface area contributed by atoms with E-state index in [1.54, 1.807) is 19.1 Å². The number of nitrogens with zero attached hydrogens (tertiary/aromatic N) is 5. The van der Waals surface area contributed by atoms with Crippen molar-refractivity contribution in [1.29, 1.82) is 0 Å². The highest BCUT2D eigenvalue weighted by atomic mass is 16.4. The number of benzene rings is 2. The Hall–Kier alpha value is -4.80. The number of hydrogen-bond acceptors (Lipinski definition) is 7. The van der Waals surface area contributed by atoms with Crippen molar-refractivity contribution in [3.05, 3.63) is 65.2 Å². The van der Waals surface area contributed by atoms with E-state index in [9.17, 15) is 19.2 Å². The molecule has 2 aliphatic rings. The van der Waals surface area contributed by atoms with E-state index in [-0.39, 0.29) is 33.9 Å². The van der Waals surface area contributed by atoms with Gasteiger partial charge in [0.25, 0.3) is 11.8 Å². The van der Waals surface area contributed by atoms with Gasteiger partial charge in [0.05, 0.1) is 22.5 Å². The van der Waals surface area contributed by atoms with Crippen LogP contribution in [0.3, 0.4) is 0 Å². The number of anilines is 2. The van der Waals surface area contributed by atoms with Crippen molar-refractivity contribution in [2.24, 2.45) is 15.8 Å². The first-order valence-electron chi connectivity index (χ1n) is 10.1. The van der Waals surface area contributed by atoms with Crippen molar-refractivity contribution in [1.82, 2.24) is 4.90 Å². The summed E-state index contributed by atoms with van der Waals surface area (Å²) in [7, 11) is 3.77. The van der Waals surface area contributed by atoms with Crippen molar-refractivity contribution < 1.29 is 24.3 Å². The van der Waals surface area contributed by atoms with E-state index < -0.39 is 23.8 Å². The molecule has 11 nitrogen and oxygen atoms in total. The number of imide groups is 1. The molecule has 4 rings (SSSR count). The summed E-state index contributed by atoms with van der Waals surface area (Å²) in [6.45, 7) is 1.54. The lowest BCUT2D eigenvalue weighted by Crippen LogP contribution is -2.52. The summed E-state index contributed by atoms with van der Waals surface area (Å²) < 4.78 is 0. The monoisotopic (exact) mass is 460 g/mol. The molecule has 0 fully saturated rings. The molecule has 0 saturated carbocycles. The number of urea groups is 1. The molecular formula is C23H20N6O5. The van der Waals surface area contributed by atoms with Gasteiger partial charge < -0.3 is 15.7 Å². The third-order valence-corrected chi connectivity index (χ3v) is 5.36. The van der Waals surface area contributed by atoms with Gasteiger partial charge in [-0.05, 0) is 61.0 Å². The van der Waals surface area contributed by atoms with Crippen LogP contribution in [0.5, 0.6) is 0 Å². The Labute approximate surface area is 194 Å². The summed E-state index contributed by atoms with van der Waals surface area (Å²) in [5, 5.41) is 14.2. The molecule has 0 bridgehead atoms. The molecule has 0 aromatic heterocycles. The predicted molar refractivity (Wildman–Crippen MR) is 125 cm³/mol. The van der Waals surface area contributed by atoms with Crippen LogP contribution in [0.15, 0.2) is 69.8 Å². The molecule has 0 aliphatic carbocycles. The Morgan fingerprint density at radius 3 is 2.15 bits per heavy atom. The van der Waals surface area contributed by atoms with Gasteiger partial charge in [0.2, 0.25) is 0 Å². The van der Waals surface area contributed by atoms with E-state index in [0.29, 0.717) is 10.6 Å². The van der Waals surface area contributed by atoms with E-state index in [4.69, 9.17) is 10.8 Å². The maximum atomic E-state index is 13.2. The number of aromatic carboxylic acids is 1. The zero-order valence-corrected chi connectivity index (χ0v) is 18.5. The summed E-state index contributed by atoms with van der Waals surface area (Å²) in [6, 6.07) is 11.4. The summed E-state index contributed by atoms with van der Waals surface area (Å²) in [5.41, 5.74) is 7.26. The normalized spacial score (nSPS) is 16.7. The number of rotatable bonds is 4. The first kappa shape index (κ1) is 22.4. The van der Waals surface area contributed by atoms with Crippen molar-refractivity contribution in [2.45, 2.75) is 6.92 Å². The van der Waals surface area contributed by atoms with E-state index >= 15 is 0 Å². The minimum absolute atomic E-state index is 0.00405. The molecule has 4 amide bonds. The first-order chi connectivity index (χ1) is 16.1. The van der Waals surface area contributed by atoms with Crippen LogP contribution in [0, 0.1) is 0 Å². The van der Waals surface area contributed by atoms with Crippen LogP contribution in [0.25, 0.3) is 0 Å². The van der Waals surface area contributed by atoms with Crippen LogP contribution in [0.1, 0.15) is 17.3 Å². The average Bonchev–Trinajstić information content (AvgIpc) is 3.13. The number of hydrogen-bond donors (Lipinski definition) is 2. The molecule has 2 aromatic carbocycles. The molecule has 172 valence electrons. The quantitative estimate of drug-likeness (QED) is 0.714. The minimum atomic E-state index is -1.12. The number of nitrogens with two attached hydrogens (primary N) is 1. The molecule has 3 N–H and O–H groups in total. The lowest BCUT2D eigenvalue weighted by atomic mass is 9.97. The lowest BCUT2D eigenvalue weighted by molar-refractivity contribution is -0.118. The van der Waals surface area contributed by atoms with E-state index in [1.165, 1.54) is 24.3 Å². The Morgan fingerprint density at radius 2 is 1.62 bits per heavy atom. The number of carboxylic acid groups (broad SMARTS) is 1. The fraction of sp³-hybridized carbons (Fsp3) is 0.130. The van der Waals surface area contributed by atoms with Crippen molar-refractivity contribution in [3.8, 4) is 0 Å². The molecule has 34 heavy (non-hydrogen) atoms. The molecule has 0 radical (unpaired) electrons. The van der Waals surface area contributed by atoms with E-state index in [2.05, 4.69) is 10.1 Å². The Kier molecular flexibility index (Phi) is 5.45. The Morgan fingerprint density at radius 1 is 1.00 bits per heavy atom. The van der Waals surface area contributed by atoms with Crippen LogP contribution in [0.4, 0.5) is 21.9 Å². The number of amides is 4. The van der Waals surface area contributed by atoms with Gasteiger partial charge in [-0.25, -0.2) is 19.5 Å². The highest BCUT2D eigenvalue weighted by Gasteiger charge is 2.46. The van der Waals surface area contributed by atoms with Gasteiger partial charge in [0.1, 0.15) is 5.71 Å². The third-order valence-electron chi connectivity index (χ3n) is 5.36. The second-order valence-corrected chi connectivity index (χ2v) is 7.74. The second-order valence-electron chi connectivity index (χ2n) is 7.74. The maximum Gasteiger partial charge on any atom is 0.335 e. The molecular weight excluding hydrogens is 440 g/mol. The number of amidine groups is 1. The SMILES string of the molecule is CC1=C2C(=O)N(c3ccc(C(=O)O)cc3)N=C2N(C(N)=O)C(=O)C1=Nc1ccc(N(C)C)cc1. The molecule has 0 unspecified atom stereocenters. The third kappa shape index (κ3) is 3.68. The van der Waals surface area contributed by atoms with E-state index in [1.807, 2.05) is 31.1 Å². The first-order valence-corrected chi connectivity index (χ1v) is 10.1. The van der Waals surface area contributed by atoms with Crippen molar-refractivity contribution in [2.75, 3.05) is 24.0 Å². The summed E-state index contributed by atoms with van der Waals surface area (Å²) in [4.78, 5) is 56.6. The van der Waals surface area contributed by atoms with Crippen LogP contribution in [-0.2, 0) is 9.59 Å². The molecule has 2 aromatic rings. The highest BCUT2D eigenvalue weighted by molar-refractivity contribution is 6.57. The Bertz CT molecular complexity index is 1320. The highest BCUT2D eigenvalue weighted by Crippen LogP contribution is 2.32. The molecule has 2 aliphatic heterocycles.